The first kappa shape index (κ1) is 17.1. The van der Waals surface area contributed by atoms with Gasteiger partial charge in [-0.2, -0.15) is 0 Å². The molecule has 0 bridgehead atoms. The van der Waals surface area contributed by atoms with E-state index in [1.165, 1.54) is 18.9 Å². The van der Waals surface area contributed by atoms with Crippen LogP contribution < -0.4 is 5.32 Å². The minimum Gasteiger partial charge on any atom is -0.376 e. The molecule has 0 amide bonds. The van der Waals surface area contributed by atoms with Crippen LogP contribution in [-0.2, 0) is 23.3 Å². The highest BCUT2D eigenvalue weighted by Gasteiger charge is 2.45. The number of rotatable bonds is 5. The van der Waals surface area contributed by atoms with Gasteiger partial charge in [0.05, 0.1) is 24.3 Å². The van der Waals surface area contributed by atoms with Gasteiger partial charge in [-0.05, 0) is 37.8 Å². The van der Waals surface area contributed by atoms with Crippen molar-refractivity contribution in [2.45, 2.75) is 37.8 Å². The maximum Gasteiger partial charge on any atom is 0.222 e. The molecule has 5 nitrogen and oxygen atoms in total. The van der Waals surface area contributed by atoms with Gasteiger partial charge in [-0.25, -0.2) is 14.4 Å². The highest BCUT2D eigenvalue weighted by Crippen LogP contribution is 2.40. The molecule has 3 heterocycles. The Kier molecular flexibility index (Phi) is 4.32. The van der Waals surface area contributed by atoms with E-state index in [4.69, 9.17) is 9.72 Å². The monoisotopic (exact) mass is 368 g/mol. The van der Waals surface area contributed by atoms with Crippen LogP contribution in [0.5, 0.6) is 0 Å². The van der Waals surface area contributed by atoms with E-state index >= 15 is 0 Å². The molecule has 0 unspecified atom stereocenters. The van der Waals surface area contributed by atoms with Crippen molar-refractivity contribution in [2.75, 3.05) is 31.6 Å². The summed E-state index contributed by atoms with van der Waals surface area (Å²) >= 11 is 0. The van der Waals surface area contributed by atoms with Crippen molar-refractivity contribution in [3.8, 4) is 0 Å². The van der Waals surface area contributed by atoms with Crippen molar-refractivity contribution in [1.29, 1.82) is 0 Å². The summed E-state index contributed by atoms with van der Waals surface area (Å²) in [6.45, 7) is 4.60. The molecule has 142 valence electrons. The lowest BCUT2D eigenvalue weighted by Gasteiger charge is -2.34. The minimum atomic E-state index is -0.132. The van der Waals surface area contributed by atoms with Crippen LogP contribution >= 0.6 is 0 Å². The Morgan fingerprint density at radius 2 is 2.19 bits per heavy atom. The molecule has 5 rings (SSSR count). The molecule has 1 N–H and O–H groups in total. The first-order valence-electron chi connectivity index (χ1n) is 9.86. The van der Waals surface area contributed by atoms with Crippen molar-refractivity contribution < 1.29 is 9.13 Å². The smallest absolute Gasteiger partial charge is 0.222 e. The average Bonchev–Trinajstić information content (AvgIpc) is 3.44. The minimum absolute atomic E-state index is 0.113. The number of nitrogens with zero attached hydrogens (tertiary/aromatic N) is 3. The lowest BCUT2D eigenvalue weighted by Crippen LogP contribution is -2.40. The van der Waals surface area contributed by atoms with Crippen LogP contribution in [0.4, 0.5) is 10.3 Å². The van der Waals surface area contributed by atoms with Gasteiger partial charge in [-0.1, -0.05) is 18.2 Å². The van der Waals surface area contributed by atoms with Crippen LogP contribution in [0.3, 0.4) is 0 Å². The van der Waals surface area contributed by atoms with E-state index in [1.54, 1.807) is 6.07 Å². The second-order valence-corrected chi connectivity index (χ2v) is 8.22. The van der Waals surface area contributed by atoms with E-state index in [2.05, 4.69) is 15.2 Å². The van der Waals surface area contributed by atoms with E-state index in [9.17, 15) is 4.39 Å². The number of aromatic nitrogens is 2. The Morgan fingerprint density at radius 1 is 1.30 bits per heavy atom. The molecule has 0 radical (unpaired) electrons. The highest BCUT2D eigenvalue weighted by atomic mass is 19.1. The van der Waals surface area contributed by atoms with Gasteiger partial charge in [0.25, 0.3) is 0 Å². The lowest BCUT2D eigenvalue weighted by molar-refractivity contribution is 0.0503. The van der Waals surface area contributed by atoms with Crippen molar-refractivity contribution in [2.24, 2.45) is 5.92 Å². The van der Waals surface area contributed by atoms with Crippen LogP contribution in [0, 0.1) is 11.7 Å². The SMILES string of the molecule is Fc1ccccc1CN1CC[C@@]2(COCc3cnc(NCC4CC4)nc32)C1. The summed E-state index contributed by atoms with van der Waals surface area (Å²) in [7, 11) is 0. The molecule has 2 aromatic rings. The number of hydrogen-bond donors (Lipinski definition) is 1. The van der Waals surface area contributed by atoms with Crippen LogP contribution in [0.2, 0.25) is 0 Å². The number of fused-ring (bicyclic) bond motifs is 2. The van der Waals surface area contributed by atoms with Crippen molar-refractivity contribution in [3.05, 3.63) is 53.1 Å². The first-order chi connectivity index (χ1) is 13.2. The molecule has 1 atom stereocenters. The highest BCUT2D eigenvalue weighted by molar-refractivity contribution is 5.37. The molecule has 1 saturated heterocycles. The summed E-state index contributed by atoms with van der Waals surface area (Å²) in [4.78, 5) is 11.7. The number of likely N-dealkylation sites (tertiary alicyclic amines) is 1. The molecular weight excluding hydrogens is 343 g/mol. The van der Waals surface area contributed by atoms with Gasteiger partial charge in [0.2, 0.25) is 5.95 Å². The largest absolute Gasteiger partial charge is 0.376 e. The number of benzene rings is 1. The Bertz CT molecular complexity index is 841. The third kappa shape index (κ3) is 3.44. The molecule has 1 spiro atoms. The third-order valence-corrected chi connectivity index (χ3v) is 6.03. The van der Waals surface area contributed by atoms with Crippen molar-refractivity contribution in [3.63, 3.8) is 0 Å². The number of ether oxygens (including phenoxy) is 1. The van der Waals surface area contributed by atoms with Gasteiger partial charge in [0, 0.05) is 37.0 Å². The van der Waals surface area contributed by atoms with Gasteiger partial charge >= 0.3 is 0 Å². The average molecular weight is 368 g/mol. The molecule has 3 aliphatic rings. The van der Waals surface area contributed by atoms with Crippen molar-refractivity contribution >= 4 is 5.95 Å². The van der Waals surface area contributed by atoms with Crippen LogP contribution in [-0.4, -0.2) is 41.1 Å². The summed E-state index contributed by atoms with van der Waals surface area (Å²) in [5, 5.41) is 3.40. The van der Waals surface area contributed by atoms with Crippen LogP contribution in [0.15, 0.2) is 30.5 Å². The predicted molar refractivity (Wildman–Crippen MR) is 101 cm³/mol. The zero-order chi connectivity index (χ0) is 18.3. The van der Waals surface area contributed by atoms with Gasteiger partial charge in [-0.15, -0.1) is 0 Å². The summed E-state index contributed by atoms with van der Waals surface area (Å²) in [5.41, 5.74) is 2.85. The number of anilines is 1. The fraction of sp³-hybridized carbons (Fsp3) is 0.524. The maximum atomic E-state index is 14.0. The molecule has 1 saturated carbocycles. The maximum absolute atomic E-state index is 14.0. The van der Waals surface area contributed by atoms with E-state index in [-0.39, 0.29) is 11.2 Å². The Labute approximate surface area is 159 Å². The second-order valence-electron chi connectivity index (χ2n) is 8.22. The number of hydrogen-bond acceptors (Lipinski definition) is 5. The fourth-order valence-corrected chi connectivity index (χ4v) is 4.31. The van der Waals surface area contributed by atoms with Gasteiger partial charge in [0.1, 0.15) is 5.82 Å². The van der Waals surface area contributed by atoms with Gasteiger partial charge < -0.3 is 10.1 Å². The quantitative estimate of drug-likeness (QED) is 0.879. The fourth-order valence-electron chi connectivity index (χ4n) is 4.31. The van der Waals surface area contributed by atoms with Crippen LogP contribution in [0.1, 0.15) is 36.1 Å². The Hall–Kier alpha value is -2.05. The predicted octanol–water partition coefficient (Wildman–Crippen LogP) is 3.11. The van der Waals surface area contributed by atoms with E-state index in [0.29, 0.717) is 19.8 Å². The molecular formula is C21H25FN4O. The molecule has 1 aromatic heterocycles. The van der Waals surface area contributed by atoms with E-state index in [0.717, 1.165) is 54.7 Å². The second kappa shape index (κ2) is 6.84. The molecule has 6 heteroatoms. The molecule has 2 aliphatic heterocycles. The summed E-state index contributed by atoms with van der Waals surface area (Å²) in [6, 6.07) is 7.04. The lowest BCUT2D eigenvalue weighted by atomic mass is 9.80. The van der Waals surface area contributed by atoms with E-state index in [1.807, 2.05) is 18.3 Å². The van der Waals surface area contributed by atoms with Gasteiger partial charge in [-0.3, -0.25) is 4.90 Å². The zero-order valence-corrected chi connectivity index (χ0v) is 15.5. The molecule has 1 aliphatic carbocycles. The van der Waals surface area contributed by atoms with Crippen molar-refractivity contribution in [1.82, 2.24) is 14.9 Å². The topological polar surface area (TPSA) is 50.3 Å². The summed E-state index contributed by atoms with van der Waals surface area (Å²) in [6.07, 6.45) is 5.51. The third-order valence-electron chi connectivity index (χ3n) is 6.03. The molecule has 2 fully saturated rings. The van der Waals surface area contributed by atoms with E-state index < -0.39 is 0 Å². The van der Waals surface area contributed by atoms with Gasteiger partial charge in [0.15, 0.2) is 0 Å². The molecule has 27 heavy (non-hydrogen) atoms. The number of nitrogens with one attached hydrogen (secondary N) is 1. The van der Waals surface area contributed by atoms with Crippen LogP contribution in [0.25, 0.3) is 0 Å². The molecule has 1 aromatic carbocycles. The summed E-state index contributed by atoms with van der Waals surface area (Å²) in [5.74, 6) is 1.38. The first-order valence-corrected chi connectivity index (χ1v) is 9.86. The Balaban J connectivity index is 1.36. The standard InChI is InChI=1S/C21H25FN4O/c22-18-4-2-1-3-16(18)11-26-8-7-21(13-26)14-27-12-17-10-24-20(25-19(17)21)23-9-15-5-6-15/h1-4,10,15H,5-9,11-14H2,(H,23,24,25)/t21-/m0/s1. The zero-order valence-electron chi connectivity index (χ0n) is 15.5. The Morgan fingerprint density at radius 3 is 3.04 bits per heavy atom. The number of halogens is 1. The normalized spacial score (nSPS) is 24.9. The summed E-state index contributed by atoms with van der Waals surface area (Å²) < 4.78 is 19.9.